The third-order valence-corrected chi connectivity index (χ3v) is 8.37. The summed E-state index contributed by atoms with van der Waals surface area (Å²) in [5.74, 6) is -2.80. The van der Waals surface area contributed by atoms with Crippen LogP contribution in [0.5, 0.6) is 0 Å². The maximum Gasteiger partial charge on any atom is 0.243 e. The zero-order valence-electron chi connectivity index (χ0n) is 28.2. The van der Waals surface area contributed by atoms with Crippen molar-refractivity contribution in [3.63, 3.8) is 0 Å². The first-order valence-electron chi connectivity index (χ1n) is 16.6. The Labute approximate surface area is 294 Å². The first-order chi connectivity index (χ1) is 24.4. The highest BCUT2D eigenvalue weighted by Crippen LogP contribution is 2.21. The number of hydrogen-bond donors (Lipinski definition) is 11. The van der Waals surface area contributed by atoms with Crippen LogP contribution in [0.2, 0.25) is 0 Å². The van der Waals surface area contributed by atoms with E-state index in [0.29, 0.717) is 12.8 Å². The average molecular weight is 702 g/mol. The third-order valence-electron chi connectivity index (χ3n) is 8.37. The number of aliphatic imine (C=N–C) groups is 2. The van der Waals surface area contributed by atoms with Crippen LogP contribution in [0.4, 0.5) is 0 Å². The number of guanidine groups is 2. The SMILES string of the molecule is NC(=O)[C@H](Cc1c[nH]c2ccccc12)NC(=O)[C@H](CCCN=C(N)N)NC(=O)[C@H](Cc1c[nH]c2ccccc12)NC(=O)[C@@H](N)CCCN=C(N)N. The summed E-state index contributed by atoms with van der Waals surface area (Å²) < 4.78 is 0. The van der Waals surface area contributed by atoms with E-state index in [1.165, 1.54) is 0 Å². The molecular weight excluding hydrogens is 654 g/mol. The summed E-state index contributed by atoms with van der Waals surface area (Å²) in [6.07, 6.45) is 4.80. The molecule has 0 spiro atoms. The van der Waals surface area contributed by atoms with Gasteiger partial charge in [-0.05, 0) is 48.9 Å². The van der Waals surface area contributed by atoms with Crippen LogP contribution in [0.3, 0.4) is 0 Å². The number of nitrogens with zero attached hydrogens (tertiary/aromatic N) is 2. The molecule has 17 N–H and O–H groups in total. The van der Waals surface area contributed by atoms with E-state index in [1.807, 2.05) is 48.5 Å². The minimum atomic E-state index is -1.15. The van der Waals surface area contributed by atoms with Gasteiger partial charge in [0.2, 0.25) is 23.6 Å². The maximum absolute atomic E-state index is 14.0. The van der Waals surface area contributed by atoms with E-state index in [9.17, 15) is 19.2 Å². The number of aromatic nitrogens is 2. The lowest BCUT2D eigenvalue weighted by Gasteiger charge is -2.25. The molecule has 4 rings (SSSR count). The quantitative estimate of drug-likeness (QED) is 0.0318. The van der Waals surface area contributed by atoms with E-state index in [1.54, 1.807) is 12.4 Å². The van der Waals surface area contributed by atoms with E-state index < -0.39 is 47.8 Å². The lowest BCUT2D eigenvalue weighted by atomic mass is 10.0. The molecule has 272 valence electrons. The van der Waals surface area contributed by atoms with Crippen molar-refractivity contribution in [1.82, 2.24) is 25.9 Å². The van der Waals surface area contributed by atoms with Crippen molar-refractivity contribution in [3.8, 4) is 0 Å². The van der Waals surface area contributed by atoms with E-state index in [4.69, 9.17) is 34.4 Å². The van der Waals surface area contributed by atoms with Gasteiger partial charge in [-0.3, -0.25) is 29.2 Å². The van der Waals surface area contributed by atoms with Gasteiger partial charge in [0.15, 0.2) is 11.9 Å². The summed E-state index contributed by atoms with van der Waals surface area (Å²) in [7, 11) is 0. The Bertz CT molecular complexity index is 1870. The number of benzene rings is 2. The Hall–Kier alpha value is -6.10. The summed E-state index contributed by atoms with van der Waals surface area (Å²) in [6.45, 7) is 0.465. The molecular formula is C34H47N13O4. The first-order valence-corrected chi connectivity index (χ1v) is 16.6. The topological polar surface area (TPSA) is 317 Å². The fourth-order valence-corrected chi connectivity index (χ4v) is 5.72. The monoisotopic (exact) mass is 701 g/mol. The second kappa shape index (κ2) is 18.1. The van der Waals surface area contributed by atoms with Crippen LogP contribution < -0.4 is 50.4 Å². The van der Waals surface area contributed by atoms with Crippen molar-refractivity contribution in [1.29, 1.82) is 0 Å². The van der Waals surface area contributed by atoms with Crippen molar-refractivity contribution in [2.45, 2.75) is 62.7 Å². The molecule has 0 aliphatic rings. The molecule has 2 aromatic carbocycles. The number of H-pyrrole nitrogens is 2. The van der Waals surface area contributed by atoms with Crippen molar-refractivity contribution in [2.75, 3.05) is 13.1 Å². The van der Waals surface area contributed by atoms with Crippen LogP contribution in [0, 0.1) is 0 Å². The zero-order valence-corrected chi connectivity index (χ0v) is 28.2. The molecule has 4 atom stereocenters. The number of fused-ring (bicyclic) bond motifs is 2. The van der Waals surface area contributed by atoms with E-state index in [0.717, 1.165) is 32.9 Å². The Morgan fingerprint density at radius 3 is 1.59 bits per heavy atom. The van der Waals surface area contributed by atoms with Crippen molar-refractivity contribution < 1.29 is 19.2 Å². The molecule has 17 heteroatoms. The summed E-state index contributed by atoms with van der Waals surface area (Å²) in [6, 6.07) is 10.7. The zero-order chi connectivity index (χ0) is 36.9. The van der Waals surface area contributed by atoms with Gasteiger partial charge in [-0.15, -0.1) is 0 Å². The van der Waals surface area contributed by atoms with E-state index in [-0.39, 0.29) is 50.7 Å². The number of para-hydroxylation sites is 2. The number of nitrogens with one attached hydrogen (secondary N) is 5. The van der Waals surface area contributed by atoms with Gasteiger partial charge < -0.3 is 60.3 Å². The molecule has 0 aliphatic heterocycles. The van der Waals surface area contributed by atoms with Crippen LogP contribution in [0.25, 0.3) is 21.8 Å². The molecule has 0 saturated heterocycles. The van der Waals surface area contributed by atoms with Gasteiger partial charge >= 0.3 is 0 Å². The standard InChI is InChI=1S/C34H47N13O4/c35-23(9-5-13-41-33(37)38)30(49)47-28(16-20-18-44-25-11-4-2-8-22(20)25)32(51)45-26(12-6-14-42-34(39)40)31(50)46-27(29(36)48)15-19-17-43-24-10-3-1-7-21(19)24/h1-4,7-8,10-11,17-18,23,26-28,43-44H,5-6,9,12-16,35H2,(H2,36,48)(H,45,51)(H,46,50)(H,47,49)(H4,37,38,41)(H4,39,40,42)/t23-,26-,27-,28-/m0/s1. The smallest absolute Gasteiger partial charge is 0.243 e. The number of carbonyl (C=O) groups excluding carboxylic acids is 4. The predicted octanol–water partition coefficient (Wildman–Crippen LogP) is -1.19. The lowest BCUT2D eigenvalue weighted by Crippen LogP contribution is -2.58. The number of nitrogens with two attached hydrogens (primary N) is 6. The van der Waals surface area contributed by atoms with Crippen molar-refractivity contribution >= 4 is 57.4 Å². The Balaban J connectivity index is 1.54. The van der Waals surface area contributed by atoms with Gasteiger partial charge in [0.25, 0.3) is 0 Å². The van der Waals surface area contributed by atoms with Crippen molar-refractivity contribution in [2.24, 2.45) is 44.4 Å². The average Bonchev–Trinajstić information content (AvgIpc) is 3.70. The maximum atomic E-state index is 14.0. The Morgan fingerprint density at radius 2 is 1.06 bits per heavy atom. The van der Waals surface area contributed by atoms with Gasteiger partial charge in [0, 0.05) is 60.1 Å². The Kier molecular flexibility index (Phi) is 13.3. The molecule has 2 heterocycles. The van der Waals surface area contributed by atoms with Crippen LogP contribution in [-0.2, 0) is 32.0 Å². The van der Waals surface area contributed by atoms with Crippen LogP contribution in [0.15, 0.2) is 70.9 Å². The normalized spacial score (nSPS) is 13.4. The van der Waals surface area contributed by atoms with Crippen LogP contribution >= 0.6 is 0 Å². The highest BCUT2D eigenvalue weighted by molar-refractivity contribution is 5.95. The Morgan fingerprint density at radius 1 is 0.608 bits per heavy atom. The number of amides is 4. The van der Waals surface area contributed by atoms with Gasteiger partial charge in [-0.25, -0.2) is 0 Å². The number of primary amides is 1. The highest BCUT2D eigenvalue weighted by atomic mass is 16.2. The summed E-state index contributed by atoms with van der Waals surface area (Å²) in [5.41, 5.74) is 36.8. The molecule has 0 fully saturated rings. The van der Waals surface area contributed by atoms with Crippen LogP contribution in [0.1, 0.15) is 36.8 Å². The second-order valence-corrected chi connectivity index (χ2v) is 12.2. The molecule has 0 unspecified atom stereocenters. The van der Waals surface area contributed by atoms with E-state index >= 15 is 0 Å². The minimum absolute atomic E-state index is 0.0690. The molecule has 17 nitrogen and oxygen atoms in total. The molecule has 2 aromatic heterocycles. The van der Waals surface area contributed by atoms with Gasteiger partial charge in [-0.2, -0.15) is 0 Å². The number of hydrogen-bond acceptors (Lipinski definition) is 7. The van der Waals surface area contributed by atoms with Gasteiger partial charge in [0.1, 0.15) is 18.1 Å². The summed E-state index contributed by atoms with van der Waals surface area (Å²) >= 11 is 0. The number of rotatable bonds is 19. The van der Waals surface area contributed by atoms with Crippen LogP contribution in [-0.4, -0.2) is 82.8 Å². The van der Waals surface area contributed by atoms with E-state index in [2.05, 4.69) is 35.9 Å². The molecule has 0 aliphatic carbocycles. The molecule has 0 bridgehead atoms. The minimum Gasteiger partial charge on any atom is -0.370 e. The largest absolute Gasteiger partial charge is 0.370 e. The summed E-state index contributed by atoms with van der Waals surface area (Å²) in [5, 5.41) is 9.99. The van der Waals surface area contributed by atoms with Gasteiger partial charge in [0.05, 0.1) is 6.04 Å². The molecule has 4 amide bonds. The van der Waals surface area contributed by atoms with Crippen molar-refractivity contribution in [3.05, 3.63) is 72.1 Å². The first kappa shape index (κ1) is 37.7. The molecule has 4 aromatic rings. The summed E-state index contributed by atoms with van der Waals surface area (Å²) in [4.78, 5) is 67.8. The predicted molar refractivity (Wildman–Crippen MR) is 197 cm³/mol. The fourth-order valence-electron chi connectivity index (χ4n) is 5.72. The molecule has 51 heavy (non-hydrogen) atoms. The highest BCUT2D eigenvalue weighted by Gasteiger charge is 2.31. The fraction of sp³-hybridized carbons (Fsp3) is 0.353. The lowest BCUT2D eigenvalue weighted by molar-refractivity contribution is -0.133. The molecule has 0 saturated carbocycles. The molecule has 0 radical (unpaired) electrons. The third kappa shape index (κ3) is 10.9. The number of carbonyl (C=O) groups is 4. The van der Waals surface area contributed by atoms with Gasteiger partial charge in [-0.1, -0.05) is 36.4 Å². The second-order valence-electron chi connectivity index (χ2n) is 12.2. The number of aromatic amines is 2.